The molecule has 0 spiro atoms. The van der Waals surface area contributed by atoms with Crippen molar-refractivity contribution in [2.75, 3.05) is 19.4 Å². The SMILES string of the molecule is C[C@H](NC(=O)Nc1cccc(S(=O)(=O)N(C)C)c1)c1cc2ccccc2o1. The number of anilines is 1. The molecule has 3 rings (SSSR count). The second-order valence-corrected chi connectivity index (χ2v) is 8.47. The van der Waals surface area contributed by atoms with E-state index in [0.29, 0.717) is 11.4 Å². The maximum absolute atomic E-state index is 12.3. The number of nitrogens with one attached hydrogen (secondary N) is 2. The fourth-order valence-electron chi connectivity index (χ4n) is 2.60. The maximum atomic E-state index is 12.3. The number of rotatable bonds is 5. The van der Waals surface area contributed by atoms with Gasteiger partial charge < -0.3 is 15.1 Å². The van der Waals surface area contributed by atoms with E-state index >= 15 is 0 Å². The van der Waals surface area contributed by atoms with E-state index in [1.54, 1.807) is 12.1 Å². The molecule has 0 saturated heterocycles. The molecule has 142 valence electrons. The van der Waals surface area contributed by atoms with E-state index in [0.717, 1.165) is 15.3 Å². The summed E-state index contributed by atoms with van der Waals surface area (Å²) >= 11 is 0. The molecule has 2 aromatic carbocycles. The van der Waals surface area contributed by atoms with Gasteiger partial charge in [0.25, 0.3) is 0 Å². The van der Waals surface area contributed by atoms with E-state index < -0.39 is 16.1 Å². The number of carbonyl (C=O) groups excluding carboxylic acids is 1. The van der Waals surface area contributed by atoms with Crippen molar-refractivity contribution >= 4 is 32.7 Å². The predicted octanol–water partition coefficient (Wildman–Crippen LogP) is 3.57. The second kappa shape index (κ2) is 7.42. The van der Waals surface area contributed by atoms with Gasteiger partial charge in [-0.1, -0.05) is 24.3 Å². The van der Waals surface area contributed by atoms with Gasteiger partial charge >= 0.3 is 6.03 Å². The molecule has 0 bridgehead atoms. The van der Waals surface area contributed by atoms with Crippen LogP contribution in [-0.2, 0) is 10.0 Å². The van der Waals surface area contributed by atoms with Crippen LogP contribution in [0.4, 0.5) is 10.5 Å². The van der Waals surface area contributed by atoms with Gasteiger partial charge in [0.2, 0.25) is 10.0 Å². The Kier molecular flexibility index (Phi) is 5.20. The van der Waals surface area contributed by atoms with Crippen LogP contribution in [0.1, 0.15) is 18.7 Å². The number of benzene rings is 2. The van der Waals surface area contributed by atoms with Crippen molar-refractivity contribution in [3.05, 3.63) is 60.4 Å². The first-order chi connectivity index (χ1) is 12.8. The van der Waals surface area contributed by atoms with Crippen LogP contribution in [0.3, 0.4) is 0 Å². The molecule has 1 heterocycles. The molecule has 0 fully saturated rings. The Labute approximate surface area is 158 Å². The highest BCUT2D eigenvalue weighted by molar-refractivity contribution is 7.89. The Hall–Kier alpha value is -2.84. The summed E-state index contributed by atoms with van der Waals surface area (Å²) < 4.78 is 31.3. The molecule has 0 aliphatic heterocycles. The number of furan rings is 1. The highest BCUT2D eigenvalue weighted by Crippen LogP contribution is 2.24. The Morgan fingerprint density at radius 2 is 1.81 bits per heavy atom. The molecule has 0 saturated carbocycles. The van der Waals surface area contributed by atoms with Crippen LogP contribution in [0.5, 0.6) is 0 Å². The Balaban J connectivity index is 1.70. The van der Waals surface area contributed by atoms with Crippen molar-refractivity contribution in [3.8, 4) is 0 Å². The molecule has 2 N–H and O–H groups in total. The van der Waals surface area contributed by atoms with Gasteiger partial charge in [0.1, 0.15) is 11.3 Å². The zero-order valence-electron chi connectivity index (χ0n) is 15.3. The number of urea groups is 1. The van der Waals surface area contributed by atoms with Crippen LogP contribution in [0.15, 0.2) is 63.9 Å². The quantitative estimate of drug-likeness (QED) is 0.700. The van der Waals surface area contributed by atoms with Crippen LogP contribution in [0, 0.1) is 0 Å². The highest BCUT2D eigenvalue weighted by Gasteiger charge is 2.18. The number of hydrogen-bond acceptors (Lipinski definition) is 4. The normalized spacial score (nSPS) is 12.9. The third-order valence-corrected chi connectivity index (χ3v) is 5.90. The van der Waals surface area contributed by atoms with Crippen molar-refractivity contribution in [2.45, 2.75) is 17.9 Å². The van der Waals surface area contributed by atoms with Crippen molar-refractivity contribution in [3.63, 3.8) is 0 Å². The molecule has 2 amide bonds. The lowest BCUT2D eigenvalue weighted by atomic mass is 10.2. The average Bonchev–Trinajstić information content (AvgIpc) is 3.06. The zero-order valence-corrected chi connectivity index (χ0v) is 16.1. The van der Waals surface area contributed by atoms with Crippen molar-refractivity contribution < 1.29 is 17.6 Å². The van der Waals surface area contributed by atoms with Gasteiger partial charge in [-0.2, -0.15) is 0 Å². The number of hydrogen-bond donors (Lipinski definition) is 2. The largest absolute Gasteiger partial charge is 0.459 e. The first-order valence-electron chi connectivity index (χ1n) is 8.36. The van der Waals surface area contributed by atoms with Gasteiger partial charge in [0.05, 0.1) is 10.9 Å². The summed E-state index contributed by atoms with van der Waals surface area (Å²) in [5.41, 5.74) is 1.13. The van der Waals surface area contributed by atoms with E-state index in [9.17, 15) is 13.2 Å². The Morgan fingerprint density at radius 3 is 2.52 bits per heavy atom. The fourth-order valence-corrected chi connectivity index (χ4v) is 3.54. The molecule has 0 unspecified atom stereocenters. The van der Waals surface area contributed by atoms with Crippen molar-refractivity contribution in [1.29, 1.82) is 0 Å². The van der Waals surface area contributed by atoms with Gasteiger partial charge in [0.15, 0.2) is 0 Å². The van der Waals surface area contributed by atoms with Gasteiger partial charge in [-0.3, -0.25) is 0 Å². The van der Waals surface area contributed by atoms with E-state index in [1.807, 2.05) is 37.3 Å². The summed E-state index contributed by atoms with van der Waals surface area (Å²) in [6, 6.07) is 14.8. The van der Waals surface area contributed by atoms with E-state index in [1.165, 1.54) is 26.2 Å². The second-order valence-electron chi connectivity index (χ2n) is 6.32. The lowest BCUT2D eigenvalue weighted by Gasteiger charge is -2.14. The first-order valence-corrected chi connectivity index (χ1v) is 9.80. The molecular formula is C19H21N3O4S. The van der Waals surface area contributed by atoms with Crippen molar-refractivity contribution in [1.82, 2.24) is 9.62 Å². The Morgan fingerprint density at radius 1 is 1.07 bits per heavy atom. The summed E-state index contributed by atoms with van der Waals surface area (Å²) in [4.78, 5) is 12.4. The number of para-hydroxylation sites is 1. The van der Waals surface area contributed by atoms with E-state index in [4.69, 9.17) is 4.42 Å². The van der Waals surface area contributed by atoms with Crippen molar-refractivity contribution in [2.24, 2.45) is 0 Å². The molecule has 0 aliphatic carbocycles. The highest BCUT2D eigenvalue weighted by atomic mass is 32.2. The smallest absolute Gasteiger partial charge is 0.319 e. The maximum Gasteiger partial charge on any atom is 0.319 e. The molecule has 1 atom stereocenters. The summed E-state index contributed by atoms with van der Waals surface area (Å²) in [5, 5.41) is 6.40. The lowest BCUT2D eigenvalue weighted by molar-refractivity contribution is 0.248. The standard InChI is InChI=1S/C19H21N3O4S/c1-13(18-11-14-7-4-5-10-17(14)26-18)20-19(23)21-15-8-6-9-16(12-15)27(24,25)22(2)3/h4-13H,1-3H3,(H2,20,21,23)/t13-/m0/s1. The molecular weight excluding hydrogens is 366 g/mol. The summed E-state index contributed by atoms with van der Waals surface area (Å²) in [5.74, 6) is 0.635. The van der Waals surface area contributed by atoms with Crippen LogP contribution in [-0.4, -0.2) is 32.8 Å². The zero-order chi connectivity index (χ0) is 19.6. The minimum Gasteiger partial charge on any atom is -0.459 e. The third kappa shape index (κ3) is 4.12. The topological polar surface area (TPSA) is 91.7 Å². The number of amides is 2. The monoisotopic (exact) mass is 387 g/mol. The minimum absolute atomic E-state index is 0.107. The molecule has 27 heavy (non-hydrogen) atoms. The fraction of sp³-hybridized carbons (Fsp3) is 0.211. The van der Waals surface area contributed by atoms with Gasteiger partial charge in [-0.05, 0) is 37.3 Å². The van der Waals surface area contributed by atoms with Gasteiger partial charge in [-0.15, -0.1) is 0 Å². The molecule has 0 aliphatic rings. The summed E-state index contributed by atoms with van der Waals surface area (Å²) in [6.45, 7) is 1.81. The summed E-state index contributed by atoms with van der Waals surface area (Å²) in [7, 11) is -0.658. The van der Waals surface area contributed by atoms with E-state index in [-0.39, 0.29) is 10.9 Å². The average molecular weight is 387 g/mol. The van der Waals surface area contributed by atoms with Crippen LogP contribution < -0.4 is 10.6 Å². The number of sulfonamides is 1. The lowest BCUT2D eigenvalue weighted by Crippen LogP contribution is -2.31. The Bertz CT molecular complexity index is 1040. The molecule has 0 radical (unpaired) electrons. The van der Waals surface area contributed by atoms with Gasteiger partial charge in [-0.25, -0.2) is 17.5 Å². The predicted molar refractivity (Wildman–Crippen MR) is 104 cm³/mol. The number of carbonyl (C=O) groups is 1. The van der Waals surface area contributed by atoms with Crippen LogP contribution in [0.2, 0.25) is 0 Å². The summed E-state index contributed by atoms with van der Waals surface area (Å²) in [6.07, 6.45) is 0. The number of nitrogens with zero attached hydrogens (tertiary/aromatic N) is 1. The van der Waals surface area contributed by atoms with E-state index in [2.05, 4.69) is 10.6 Å². The van der Waals surface area contributed by atoms with Crippen LogP contribution >= 0.6 is 0 Å². The van der Waals surface area contributed by atoms with Crippen LogP contribution in [0.25, 0.3) is 11.0 Å². The minimum atomic E-state index is -3.57. The first kappa shape index (κ1) is 18.9. The molecule has 1 aromatic heterocycles. The molecule has 8 heteroatoms. The van der Waals surface area contributed by atoms with Gasteiger partial charge in [0, 0.05) is 25.2 Å². The molecule has 7 nitrogen and oxygen atoms in total. The number of fused-ring (bicyclic) bond motifs is 1. The molecule has 3 aromatic rings. The third-order valence-electron chi connectivity index (χ3n) is 4.09.